The number of nitrogens with one attached hydrogen (secondary N) is 2. The van der Waals surface area contributed by atoms with Gasteiger partial charge in [0.25, 0.3) is 0 Å². The molecule has 2 N–H and O–H groups in total. The van der Waals surface area contributed by atoms with Crippen LogP contribution >= 0.6 is 0 Å². The summed E-state index contributed by atoms with van der Waals surface area (Å²) < 4.78 is 5.57. The van der Waals surface area contributed by atoms with Crippen LogP contribution in [0.5, 0.6) is 0 Å². The van der Waals surface area contributed by atoms with Gasteiger partial charge in [-0.15, -0.1) is 0 Å². The number of aromatic amines is 1. The van der Waals surface area contributed by atoms with E-state index in [-0.39, 0.29) is 0 Å². The van der Waals surface area contributed by atoms with Crippen molar-refractivity contribution in [2.24, 2.45) is 0 Å². The van der Waals surface area contributed by atoms with Crippen molar-refractivity contribution in [2.45, 2.75) is 38.5 Å². The van der Waals surface area contributed by atoms with Crippen molar-refractivity contribution in [1.29, 1.82) is 0 Å². The molecule has 3 heteroatoms. The number of hydrogen-bond donors (Lipinski definition) is 2. The summed E-state index contributed by atoms with van der Waals surface area (Å²) in [5, 5.41) is 4.98. The van der Waals surface area contributed by atoms with E-state index in [0.717, 1.165) is 26.0 Å². The molecular weight excluding hydrogens is 224 g/mol. The van der Waals surface area contributed by atoms with Gasteiger partial charge < -0.3 is 15.0 Å². The second kappa shape index (κ2) is 5.12. The van der Waals surface area contributed by atoms with Crippen molar-refractivity contribution in [1.82, 2.24) is 10.3 Å². The van der Waals surface area contributed by atoms with E-state index in [0.29, 0.717) is 12.1 Å². The Morgan fingerprint density at radius 2 is 2.33 bits per heavy atom. The van der Waals surface area contributed by atoms with Crippen LogP contribution in [-0.4, -0.2) is 23.7 Å². The van der Waals surface area contributed by atoms with E-state index in [9.17, 15) is 0 Å². The largest absolute Gasteiger partial charge is 0.378 e. The lowest BCUT2D eigenvalue weighted by Gasteiger charge is -2.28. The number of benzene rings is 1. The van der Waals surface area contributed by atoms with Crippen LogP contribution in [0.25, 0.3) is 10.9 Å². The number of aromatic nitrogens is 1. The Bertz CT molecular complexity index is 520. The van der Waals surface area contributed by atoms with Crippen LogP contribution < -0.4 is 5.32 Å². The van der Waals surface area contributed by atoms with Crippen molar-refractivity contribution in [3.8, 4) is 0 Å². The van der Waals surface area contributed by atoms with Crippen molar-refractivity contribution < 1.29 is 4.74 Å². The van der Waals surface area contributed by atoms with E-state index in [1.165, 1.54) is 16.5 Å². The Kier molecular flexibility index (Phi) is 3.35. The minimum absolute atomic E-state index is 0.388. The fourth-order valence-corrected chi connectivity index (χ4v) is 2.74. The van der Waals surface area contributed by atoms with Gasteiger partial charge in [0.05, 0.1) is 6.10 Å². The average molecular weight is 244 g/mol. The summed E-state index contributed by atoms with van der Waals surface area (Å²) in [6, 6.07) is 9.17. The van der Waals surface area contributed by atoms with E-state index in [4.69, 9.17) is 4.74 Å². The Morgan fingerprint density at radius 1 is 1.39 bits per heavy atom. The second-order valence-corrected chi connectivity index (χ2v) is 5.14. The van der Waals surface area contributed by atoms with Gasteiger partial charge in [-0.3, -0.25) is 0 Å². The third-order valence-electron chi connectivity index (χ3n) is 3.75. The summed E-state index contributed by atoms with van der Waals surface area (Å²) in [6.07, 6.45) is 4.63. The number of ether oxygens (including phenoxy) is 1. The molecule has 3 nitrogen and oxygen atoms in total. The van der Waals surface area contributed by atoms with Crippen molar-refractivity contribution in [3.05, 3.63) is 36.0 Å². The summed E-state index contributed by atoms with van der Waals surface area (Å²) in [5.74, 6) is 0. The van der Waals surface area contributed by atoms with Crippen LogP contribution in [0.15, 0.2) is 30.5 Å². The zero-order valence-corrected chi connectivity index (χ0v) is 10.8. The van der Waals surface area contributed by atoms with Crippen LogP contribution in [0.4, 0.5) is 0 Å². The third-order valence-corrected chi connectivity index (χ3v) is 3.75. The van der Waals surface area contributed by atoms with Gasteiger partial charge in [-0.2, -0.15) is 0 Å². The molecule has 2 heterocycles. The number of H-pyrrole nitrogens is 1. The van der Waals surface area contributed by atoms with Gasteiger partial charge in [-0.05, 0) is 37.5 Å². The molecule has 1 saturated heterocycles. The maximum absolute atomic E-state index is 5.57. The van der Waals surface area contributed by atoms with Gasteiger partial charge in [0, 0.05) is 36.3 Å². The lowest BCUT2D eigenvalue weighted by molar-refractivity contribution is 0.0130. The SMILES string of the molecule is CC1CC(NCc2cccc3[nH]ccc23)CCO1. The molecular formula is C15H20N2O. The van der Waals surface area contributed by atoms with Crippen LogP contribution in [-0.2, 0) is 11.3 Å². The second-order valence-electron chi connectivity index (χ2n) is 5.14. The normalized spacial score (nSPS) is 24.5. The molecule has 2 aromatic rings. The molecule has 96 valence electrons. The smallest absolute Gasteiger partial charge is 0.0561 e. The summed E-state index contributed by atoms with van der Waals surface area (Å²) in [6.45, 7) is 3.97. The molecule has 2 atom stereocenters. The molecule has 1 aliphatic rings. The summed E-state index contributed by atoms with van der Waals surface area (Å²) in [7, 11) is 0. The summed E-state index contributed by atoms with van der Waals surface area (Å²) in [5.41, 5.74) is 2.59. The van der Waals surface area contributed by atoms with E-state index in [1.807, 2.05) is 6.20 Å². The van der Waals surface area contributed by atoms with Gasteiger partial charge in [0.2, 0.25) is 0 Å². The van der Waals surface area contributed by atoms with E-state index in [1.54, 1.807) is 0 Å². The molecule has 0 spiro atoms. The van der Waals surface area contributed by atoms with Gasteiger partial charge in [-0.25, -0.2) is 0 Å². The minimum Gasteiger partial charge on any atom is -0.378 e. The topological polar surface area (TPSA) is 37.0 Å². The molecule has 0 amide bonds. The van der Waals surface area contributed by atoms with Crippen molar-refractivity contribution in [3.63, 3.8) is 0 Å². The van der Waals surface area contributed by atoms with Crippen LogP contribution in [0, 0.1) is 0 Å². The predicted octanol–water partition coefficient (Wildman–Crippen LogP) is 2.83. The van der Waals surface area contributed by atoms with Gasteiger partial charge in [-0.1, -0.05) is 12.1 Å². The summed E-state index contributed by atoms with van der Waals surface area (Å²) in [4.78, 5) is 3.26. The molecule has 1 fully saturated rings. The Morgan fingerprint density at radius 3 is 3.22 bits per heavy atom. The Hall–Kier alpha value is -1.32. The van der Waals surface area contributed by atoms with E-state index in [2.05, 4.69) is 41.5 Å². The zero-order valence-electron chi connectivity index (χ0n) is 10.8. The average Bonchev–Trinajstić information content (AvgIpc) is 2.85. The van der Waals surface area contributed by atoms with Gasteiger partial charge in [0.15, 0.2) is 0 Å². The van der Waals surface area contributed by atoms with Crippen LogP contribution in [0.1, 0.15) is 25.3 Å². The molecule has 3 rings (SSSR count). The highest BCUT2D eigenvalue weighted by molar-refractivity contribution is 5.82. The number of hydrogen-bond acceptors (Lipinski definition) is 2. The first-order valence-electron chi connectivity index (χ1n) is 6.73. The highest BCUT2D eigenvalue weighted by Crippen LogP contribution is 2.19. The first-order chi connectivity index (χ1) is 8.83. The molecule has 0 aliphatic carbocycles. The monoisotopic (exact) mass is 244 g/mol. The fourth-order valence-electron chi connectivity index (χ4n) is 2.74. The molecule has 1 aliphatic heterocycles. The standard InChI is InChI=1S/C15H20N2O/c1-11-9-13(6-8-18-11)17-10-12-3-2-4-15-14(12)5-7-16-15/h2-5,7,11,13,16-17H,6,8-10H2,1H3. The Labute approximate surface area is 108 Å². The third kappa shape index (κ3) is 2.42. The van der Waals surface area contributed by atoms with Crippen molar-refractivity contribution in [2.75, 3.05) is 6.61 Å². The highest BCUT2D eigenvalue weighted by atomic mass is 16.5. The van der Waals surface area contributed by atoms with Crippen LogP contribution in [0.2, 0.25) is 0 Å². The van der Waals surface area contributed by atoms with E-state index >= 15 is 0 Å². The highest BCUT2D eigenvalue weighted by Gasteiger charge is 2.18. The number of rotatable bonds is 3. The number of fused-ring (bicyclic) bond motifs is 1. The lowest BCUT2D eigenvalue weighted by atomic mass is 10.0. The maximum atomic E-state index is 5.57. The molecule has 0 bridgehead atoms. The first kappa shape index (κ1) is 11.8. The molecule has 0 radical (unpaired) electrons. The van der Waals surface area contributed by atoms with Gasteiger partial charge >= 0.3 is 0 Å². The Balaban J connectivity index is 1.67. The molecule has 1 aromatic carbocycles. The maximum Gasteiger partial charge on any atom is 0.0561 e. The molecule has 0 saturated carbocycles. The molecule has 18 heavy (non-hydrogen) atoms. The van der Waals surface area contributed by atoms with Crippen LogP contribution in [0.3, 0.4) is 0 Å². The lowest BCUT2D eigenvalue weighted by Crippen LogP contribution is -2.37. The summed E-state index contributed by atoms with van der Waals surface area (Å²) >= 11 is 0. The molecule has 1 aromatic heterocycles. The quantitative estimate of drug-likeness (QED) is 0.871. The van der Waals surface area contributed by atoms with Crippen molar-refractivity contribution >= 4 is 10.9 Å². The van der Waals surface area contributed by atoms with Gasteiger partial charge in [0.1, 0.15) is 0 Å². The fraction of sp³-hybridized carbons (Fsp3) is 0.467. The predicted molar refractivity (Wildman–Crippen MR) is 73.6 cm³/mol. The minimum atomic E-state index is 0.388. The van der Waals surface area contributed by atoms with E-state index < -0.39 is 0 Å². The first-order valence-corrected chi connectivity index (χ1v) is 6.73. The zero-order chi connectivity index (χ0) is 12.4. The molecule has 2 unspecified atom stereocenters.